The number of thiazole rings is 3. The van der Waals surface area contributed by atoms with E-state index in [9.17, 15) is 0 Å². The lowest BCUT2D eigenvalue weighted by molar-refractivity contribution is 1.08. The molecule has 660 valence electrons. The van der Waals surface area contributed by atoms with Crippen molar-refractivity contribution < 1.29 is 0 Å². The number of fused-ring (bicyclic) bond motifs is 21. The second-order valence-electron chi connectivity index (χ2n) is 34.3. The summed E-state index contributed by atoms with van der Waals surface area (Å²) in [5, 5.41) is 17.5. The minimum Gasteiger partial charge on any atom is -0.236 e. The van der Waals surface area contributed by atoms with Gasteiger partial charge in [-0.2, -0.15) is 0 Å². The molecule has 0 unspecified atom stereocenters. The molecule has 12 nitrogen and oxygen atoms in total. The lowest BCUT2D eigenvalue weighted by Gasteiger charge is -2.11. The fourth-order valence-electron chi connectivity index (χ4n) is 19.4. The average molecular weight is 1960 g/mol. The average Bonchev–Trinajstić information content (AvgIpc) is 1.59. The van der Waals surface area contributed by atoms with Crippen molar-refractivity contribution in [3.8, 4) is 134 Å². The molecule has 0 bridgehead atoms. The van der Waals surface area contributed by atoms with Crippen molar-refractivity contribution in [3.05, 3.63) is 400 Å². The Bertz CT molecular complexity index is 10200. The smallest absolute Gasteiger partial charge is 0.164 e. The van der Waals surface area contributed by atoms with E-state index in [4.69, 9.17) is 59.8 Å². The van der Waals surface area contributed by atoms with Crippen LogP contribution in [0.2, 0.25) is 0 Å². The van der Waals surface area contributed by atoms with Crippen molar-refractivity contribution in [2.45, 2.75) is 0 Å². The molecule has 0 saturated carbocycles. The zero-order chi connectivity index (χ0) is 92.7. The first-order valence-electron chi connectivity index (χ1n) is 45.9. The highest BCUT2D eigenvalue weighted by Crippen LogP contribution is 2.52. The molecule has 12 aromatic heterocycles. The number of aromatic nitrogens is 12. The number of para-hydroxylation sites is 3. The van der Waals surface area contributed by atoms with Gasteiger partial charge in [-0.3, -0.25) is 0 Å². The van der Waals surface area contributed by atoms with Crippen molar-refractivity contribution in [1.82, 2.24) is 59.8 Å². The largest absolute Gasteiger partial charge is 0.236 e. The molecule has 0 saturated heterocycles. The van der Waals surface area contributed by atoms with Crippen LogP contribution in [0.5, 0.6) is 0 Å². The number of nitrogens with zero attached hydrogens (tertiary/aromatic N) is 12. The highest BCUT2D eigenvalue weighted by Gasteiger charge is 2.28. The first-order chi connectivity index (χ1) is 69.8. The monoisotopic (exact) mass is 1960 g/mol. The predicted molar refractivity (Wildman–Crippen MR) is 602 cm³/mol. The lowest BCUT2D eigenvalue weighted by atomic mass is 10.0. The molecule has 141 heavy (non-hydrogen) atoms. The van der Waals surface area contributed by atoms with E-state index in [0.717, 1.165) is 114 Å². The number of hydrogen-bond acceptors (Lipinski definition) is 21. The van der Waals surface area contributed by atoms with Gasteiger partial charge in [0, 0.05) is 188 Å². The number of hydrogen-bond donors (Lipinski definition) is 0. The van der Waals surface area contributed by atoms with Crippen LogP contribution >= 0.6 is 102 Å². The second-order valence-corrected chi connectivity index (χ2v) is 43.8. The van der Waals surface area contributed by atoms with Crippen molar-refractivity contribution in [2.75, 3.05) is 0 Å². The topological polar surface area (TPSA) is 155 Å². The Morgan fingerprint density at radius 1 is 0.121 bits per heavy atom. The van der Waals surface area contributed by atoms with Gasteiger partial charge in [0.2, 0.25) is 0 Å². The van der Waals surface area contributed by atoms with Crippen LogP contribution in [0.1, 0.15) is 0 Å². The van der Waals surface area contributed by atoms with Crippen LogP contribution in [-0.2, 0) is 0 Å². The SMILES string of the molecule is c1ccc(-c2nc(-c3ccc4c(c3)sc3ccccc34)nc(-c3cccc4sc5cccc(-c6nc7ccccc7s6)c5c34)n2)cc1.c1ccc(-c2nc(-c3ccc4sc5ccccc5c4c3)nc(-c3cccc4sc5cccc(-c6nc7ccccc7s6)c5c34)n2)cc1.c1ccc(-c2nc(-c3cccc4sc5ccccc5c34)nc(-c3cccc4sc5cccc(-c6nc7ccccc7s6)c5c34)n2)cc1. The maximum absolute atomic E-state index is 5.28. The minimum absolute atomic E-state index is 0.656. The van der Waals surface area contributed by atoms with Gasteiger partial charge in [0.1, 0.15) is 15.0 Å². The normalized spacial score (nSPS) is 11.8. The van der Waals surface area contributed by atoms with E-state index >= 15 is 0 Å². The Kier molecular flexibility index (Phi) is 20.4. The molecule has 0 atom stereocenters. The molecule has 0 N–H and O–H groups in total. The van der Waals surface area contributed by atoms with Crippen molar-refractivity contribution in [2.24, 2.45) is 0 Å². The summed E-state index contributed by atoms with van der Waals surface area (Å²) in [4.78, 5) is 61.6. The molecule has 0 aliphatic heterocycles. The fraction of sp³-hybridized carbons (Fsp3) is 0. The molecule has 21 heteroatoms. The summed E-state index contributed by atoms with van der Waals surface area (Å²) in [6.45, 7) is 0. The molecule has 12 heterocycles. The van der Waals surface area contributed by atoms with E-state index in [1.54, 1.807) is 90.7 Å². The molecular formula is C120H66N12S9. The Morgan fingerprint density at radius 3 is 0.752 bits per heavy atom. The van der Waals surface area contributed by atoms with Gasteiger partial charge in [-0.05, 0) is 121 Å². The van der Waals surface area contributed by atoms with Crippen molar-refractivity contribution in [1.29, 1.82) is 0 Å². The van der Waals surface area contributed by atoms with Crippen LogP contribution in [-0.4, -0.2) is 59.8 Å². The summed E-state index contributed by atoms with van der Waals surface area (Å²) in [7, 11) is 0. The highest BCUT2D eigenvalue weighted by molar-refractivity contribution is 7.29. The van der Waals surface area contributed by atoms with Gasteiger partial charge in [-0.15, -0.1) is 102 Å². The summed E-state index contributed by atoms with van der Waals surface area (Å²) in [5.41, 5.74) is 15.3. The van der Waals surface area contributed by atoms with E-state index < -0.39 is 0 Å². The van der Waals surface area contributed by atoms with Crippen LogP contribution in [0.4, 0.5) is 0 Å². The lowest BCUT2D eigenvalue weighted by Crippen LogP contribution is -2.00. The fourth-order valence-corrected chi connectivity index (χ4v) is 29.2. The molecule has 30 rings (SSSR count). The van der Waals surface area contributed by atoms with Crippen molar-refractivity contribution >= 4 is 254 Å². The van der Waals surface area contributed by atoms with Crippen LogP contribution in [0.15, 0.2) is 400 Å². The zero-order valence-electron chi connectivity index (χ0n) is 74.1. The third-order valence-corrected chi connectivity index (χ3v) is 35.8. The first-order valence-corrected chi connectivity index (χ1v) is 53.3. The summed E-state index contributed by atoms with van der Waals surface area (Å²) in [6.07, 6.45) is 0. The maximum Gasteiger partial charge on any atom is 0.164 e. The zero-order valence-corrected chi connectivity index (χ0v) is 81.5. The van der Waals surface area contributed by atoms with Gasteiger partial charge in [0.25, 0.3) is 0 Å². The summed E-state index contributed by atoms with van der Waals surface area (Å²) in [5.74, 6) is 5.95. The quantitative estimate of drug-likeness (QED) is 0.114. The number of rotatable bonds is 12. The third-order valence-electron chi connectivity index (χ3n) is 25.8. The van der Waals surface area contributed by atoms with Gasteiger partial charge in [-0.25, -0.2) is 59.8 Å². The first kappa shape index (κ1) is 83.2. The third kappa shape index (κ3) is 14.7. The van der Waals surface area contributed by atoms with Crippen LogP contribution in [0.3, 0.4) is 0 Å². The molecule has 0 spiro atoms. The molecule has 30 aromatic rings. The molecule has 0 amide bonds. The summed E-state index contributed by atoms with van der Waals surface area (Å²) < 4.78 is 18.3. The predicted octanol–water partition coefficient (Wildman–Crippen LogP) is 35.7. The van der Waals surface area contributed by atoms with Gasteiger partial charge in [0.05, 0.1) is 30.6 Å². The molecule has 18 aromatic carbocycles. The van der Waals surface area contributed by atoms with E-state index in [1.807, 2.05) is 84.1 Å². The molecule has 0 aliphatic carbocycles. The minimum atomic E-state index is 0.656. The van der Waals surface area contributed by atoms with E-state index in [2.05, 4.69) is 328 Å². The molecule has 0 aliphatic rings. The number of thiophene rings is 6. The van der Waals surface area contributed by atoms with Crippen LogP contribution < -0.4 is 0 Å². The van der Waals surface area contributed by atoms with Gasteiger partial charge < -0.3 is 0 Å². The van der Waals surface area contributed by atoms with Crippen LogP contribution in [0.25, 0.3) is 286 Å². The molecule has 0 radical (unpaired) electrons. The van der Waals surface area contributed by atoms with Gasteiger partial charge in [0.15, 0.2) is 52.4 Å². The molecule has 0 fully saturated rings. The maximum atomic E-state index is 5.28. The van der Waals surface area contributed by atoms with E-state index in [-0.39, 0.29) is 0 Å². The Morgan fingerprint density at radius 2 is 0.362 bits per heavy atom. The van der Waals surface area contributed by atoms with E-state index in [0.29, 0.717) is 52.4 Å². The molecular weight excluding hydrogens is 1900 g/mol. The van der Waals surface area contributed by atoms with Gasteiger partial charge in [-0.1, -0.05) is 279 Å². The Balaban J connectivity index is 0.000000104. The van der Waals surface area contributed by atoms with Crippen molar-refractivity contribution in [3.63, 3.8) is 0 Å². The summed E-state index contributed by atoms with van der Waals surface area (Å²) >= 11 is 16.0. The standard InChI is InChI=1S/3C40H22N4S3/c1-2-11-23(12-3-1)37-42-38(25-14-8-20-31-34(25)24-13-4-6-18-29(24)45-31)44-39(43-37)26-15-9-21-32-35(26)36-27(16-10-22-33(36)46-32)40-41-28-17-5-7-19-30(28)47-40;1-2-10-23(11-3-1)37-42-38(24-20-21-26-25-12-4-6-16-30(25)45-34(26)22-24)44-39(43-37)27-13-8-18-32-35(27)36-28(14-9-19-33(36)46-32)40-41-29-15-5-7-17-31(29)47-40;1-2-10-23(11-3-1)37-42-38(24-20-21-31-28(22-24)25-12-4-6-16-30(25)45-31)44-39(43-37)26-13-8-18-33-35(26)36-27(14-9-19-34(36)46-33)40-41-29-15-5-7-17-32(29)47-40/h3*1-22H. The Hall–Kier alpha value is -16.0. The highest BCUT2D eigenvalue weighted by atomic mass is 32.1. The van der Waals surface area contributed by atoms with E-state index in [1.165, 1.54) is 119 Å². The van der Waals surface area contributed by atoms with Crippen LogP contribution in [0, 0.1) is 0 Å². The summed E-state index contributed by atoms with van der Waals surface area (Å²) in [6, 6.07) is 140. The second kappa shape index (κ2) is 34.5. The number of benzene rings is 18. The van der Waals surface area contributed by atoms with Gasteiger partial charge >= 0.3 is 0 Å². The Labute approximate surface area is 840 Å².